The Morgan fingerprint density at radius 3 is 2.05 bits per heavy atom. The quantitative estimate of drug-likeness (QED) is 0.0677. The van der Waals surface area contributed by atoms with Crippen LogP contribution in [0.5, 0.6) is 0 Å². The first-order valence-electron chi connectivity index (χ1n) is 18.1. The van der Waals surface area contributed by atoms with E-state index in [1.165, 1.54) is 12.1 Å². The third-order valence-electron chi connectivity index (χ3n) is 9.88. The summed E-state index contributed by atoms with van der Waals surface area (Å²) in [5.41, 5.74) is 11.4. The maximum absolute atomic E-state index is 14.4. The number of nitrogens with zero attached hydrogens (tertiary/aromatic N) is 2. The number of aliphatic carboxylic acids is 2. The summed E-state index contributed by atoms with van der Waals surface area (Å²) in [4.78, 5) is 106. The van der Waals surface area contributed by atoms with Crippen LogP contribution in [0.3, 0.4) is 0 Å². The molecule has 296 valence electrons. The van der Waals surface area contributed by atoms with E-state index in [2.05, 4.69) is 40.9 Å². The third-order valence-corrected chi connectivity index (χ3v) is 9.88. The van der Waals surface area contributed by atoms with Crippen molar-refractivity contribution in [3.63, 3.8) is 0 Å². The van der Waals surface area contributed by atoms with Gasteiger partial charge in [0.2, 0.25) is 17.8 Å². The molecule has 0 saturated carbocycles. The van der Waals surface area contributed by atoms with Crippen LogP contribution in [-0.4, -0.2) is 77.4 Å². The van der Waals surface area contributed by atoms with Crippen molar-refractivity contribution in [1.82, 2.24) is 35.6 Å². The summed E-state index contributed by atoms with van der Waals surface area (Å²) < 4.78 is 0. The summed E-state index contributed by atoms with van der Waals surface area (Å²) >= 11 is 0. The van der Waals surface area contributed by atoms with Gasteiger partial charge in [-0.2, -0.15) is 9.97 Å². The lowest BCUT2D eigenvalue weighted by Gasteiger charge is -2.27. The first-order chi connectivity index (χ1) is 27.2. The smallest absolute Gasteiger partial charge is 0.326 e. The van der Waals surface area contributed by atoms with Crippen molar-refractivity contribution in [2.75, 3.05) is 23.3 Å². The van der Waals surface area contributed by atoms with Gasteiger partial charge in [0.15, 0.2) is 0 Å². The summed E-state index contributed by atoms with van der Waals surface area (Å²) in [5, 5.41) is 26.4. The molecule has 12 N–H and O–H groups in total. The van der Waals surface area contributed by atoms with Crippen LogP contribution in [0.2, 0.25) is 0 Å². The number of H-pyrrole nitrogens is 3. The average Bonchev–Trinajstić information content (AvgIpc) is 3.68. The lowest BCUT2D eigenvalue weighted by molar-refractivity contribution is -0.140. The normalized spacial score (nSPS) is 15.1. The van der Waals surface area contributed by atoms with Gasteiger partial charge in [-0.3, -0.25) is 28.8 Å². The predicted octanol–water partition coefficient (Wildman–Crippen LogP) is 1.34. The maximum Gasteiger partial charge on any atom is 0.326 e. The van der Waals surface area contributed by atoms with Crippen LogP contribution in [0.1, 0.15) is 81.3 Å². The van der Waals surface area contributed by atoms with Crippen molar-refractivity contribution >= 4 is 58.4 Å². The molecule has 0 radical (unpaired) electrons. The number of aromatic amines is 3. The van der Waals surface area contributed by atoms with Crippen molar-refractivity contribution in [1.29, 1.82) is 0 Å². The predicted molar refractivity (Wildman–Crippen MR) is 207 cm³/mol. The Kier molecular flexibility index (Phi) is 11.2. The van der Waals surface area contributed by atoms with Gasteiger partial charge in [-0.25, -0.2) is 4.79 Å². The molecule has 2 atom stereocenters. The van der Waals surface area contributed by atoms with E-state index < -0.39 is 52.7 Å². The molecule has 0 spiro atoms. The van der Waals surface area contributed by atoms with Crippen LogP contribution in [-0.2, 0) is 39.1 Å². The lowest BCUT2D eigenvalue weighted by Crippen LogP contribution is -2.41. The Morgan fingerprint density at radius 2 is 1.42 bits per heavy atom. The van der Waals surface area contributed by atoms with E-state index in [1.807, 2.05) is 6.92 Å². The van der Waals surface area contributed by atoms with Gasteiger partial charge in [-0.05, 0) is 79.5 Å². The second-order valence-electron chi connectivity index (χ2n) is 13.6. The Bertz CT molecular complexity index is 2510. The van der Waals surface area contributed by atoms with Crippen LogP contribution in [0.15, 0.2) is 58.1 Å². The van der Waals surface area contributed by atoms with E-state index in [4.69, 9.17) is 16.6 Å². The number of nitrogens with two attached hydrogens (primary N) is 2. The molecule has 3 amide bonds. The molecule has 19 nitrogen and oxygen atoms in total. The van der Waals surface area contributed by atoms with Crippen molar-refractivity contribution in [3.8, 4) is 0 Å². The van der Waals surface area contributed by atoms with Gasteiger partial charge < -0.3 is 52.6 Å². The second kappa shape index (κ2) is 16.2. The molecule has 3 aromatic heterocycles. The highest BCUT2D eigenvalue weighted by Crippen LogP contribution is 2.46. The van der Waals surface area contributed by atoms with Crippen molar-refractivity contribution in [3.05, 3.63) is 108 Å². The number of rotatable bonds is 16. The summed E-state index contributed by atoms with van der Waals surface area (Å²) in [6, 6.07) is 11.7. The standard InChI is InChI=1S/C38H40N10O9/c1-2-17-41-30(51)20-8-5-19(6-9-20)15-16-38(26-29(44-35(38)57)46-37(40)48-33(26)54)27-22(25-28(43-27)45-36(39)47-32(25)53)12-7-18-3-10-21(11-4-18)31(52)42-23(34(55)56)13-14-24(49)50/h3-6,8-11,23H,2,7,12-17H2,1H3,(H,41,51)(H,42,52)(H,49,50)(H,55,56)(H4,39,43,45,47,53)(H4,40,44,46,48,54,57)/t23-,38-/m0/s1. The molecule has 0 saturated heterocycles. The van der Waals surface area contributed by atoms with Gasteiger partial charge in [0.1, 0.15) is 22.9 Å². The highest BCUT2D eigenvalue weighted by Gasteiger charge is 2.53. The van der Waals surface area contributed by atoms with E-state index >= 15 is 0 Å². The number of nitrogen functional groups attached to an aromatic ring is 2. The molecule has 57 heavy (non-hydrogen) atoms. The van der Waals surface area contributed by atoms with E-state index in [1.54, 1.807) is 36.4 Å². The fourth-order valence-electron chi connectivity index (χ4n) is 7.07. The van der Waals surface area contributed by atoms with Gasteiger partial charge in [-0.1, -0.05) is 31.2 Å². The number of hydrogen-bond acceptors (Lipinski definition) is 11. The van der Waals surface area contributed by atoms with Crippen LogP contribution in [0.4, 0.5) is 17.7 Å². The minimum atomic E-state index is -1.74. The number of carboxylic acids is 2. The van der Waals surface area contributed by atoms with Crippen LogP contribution in [0.25, 0.3) is 11.0 Å². The highest BCUT2D eigenvalue weighted by molar-refractivity contribution is 6.08. The van der Waals surface area contributed by atoms with Crippen molar-refractivity contribution in [2.24, 2.45) is 0 Å². The van der Waals surface area contributed by atoms with Gasteiger partial charge in [0.05, 0.1) is 10.9 Å². The fourth-order valence-corrected chi connectivity index (χ4v) is 7.07. The topological polar surface area (TPSA) is 321 Å². The average molecular weight is 781 g/mol. The highest BCUT2D eigenvalue weighted by atomic mass is 16.4. The molecule has 1 aliphatic rings. The summed E-state index contributed by atoms with van der Waals surface area (Å²) in [5.74, 6) is -4.45. The molecule has 5 aromatic rings. The lowest BCUT2D eigenvalue weighted by atomic mass is 9.73. The SMILES string of the molecule is CCCNC(=O)c1ccc(CC[C@]2(c3[nH]c4[nH]c(N)nc(=O)c4c3CCc3ccc(C(=O)N[C@@H](CCC(=O)O)C(=O)O)cc3)C(=O)Nc3[nH]c(N)nc(=O)c32)cc1. The molecule has 0 fully saturated rings. The molecule has 2 aromatic carbocycles. The van der Waals surface area contributed by atoms with Crippen LogP contribution in [0, 0.1) is 0 Å². The van der Waals surface area contributed by atoms with E-state index in [-0.39, 0.29) is 83.6 Å². The first-order valence-corrected chi connectivity index (χ1v) is 18.1. The zero-order valence-corrected chi connectivity index (χ0v) is 30.7. The van der Waals surface area contributed by atoms with Crippen LogP contribution < -0.4 is 38.5 Å². The van der Waals surface area contributed by atoms with Gasteiger partial charge in [0.25, 0.3) is 22.9 Å². The summed E-state index contributed by atoms with van der Waals surface area (Å²) in [6.45, 7) is 2.47. The fraction of sp³-hybridized carbons (Fsp3) is 0.289. The number of carbonyl (C=O) groups excluding carboxylic acids is 3. The Labute approximate surface area is 322 Å². The number of nitrogens with one attached hydrogen (secondary N) is 6. The summed E-state index contributed by atoms with van der Waals surface area (Å²) in [7, 11) is 0. The number of benzene rings is 2. The molecule has 0 unspecified atom stereocenters. The molecule has 6 rings (SSSR count). The molecule has 0 bridgehead atoms. The Hall–Kier alpha value is -7.31. The number of carbonyl (C=O) groups is 5. The number of aryl methyl sites for hydroxylation is 3. The number of carboxylic acid groups (broad SMARTS) is 2. The van der Waals surface area contributed by atoms with Crippen LogP contribution >= 0.6 is 0 Å². The molecular formula is C38H40N10O9. The molecule has 4 heterocycles. The monoisotopic (exact) mass is 780 g/mol. The molecule has 1 aliphatic heterocycles. The third kappa shape index (κ3) is 8.07. The number of hydrogen-bond donors (Lipinski definition) is 10. The van der Waals surface area contributed by atoms with E-state index in [0.717, 1.165) is 12.0 Å². The summed E-state index contributed by atoms with van der Waals surface area (Å²) in [6.07, 6.45) is 0.648. The van der Waals surface area contributed by atoms with Crippen molar-refractivity contribution in [2.45, 2.75) is 63.3 Å². The zero-order valence-electron chi connectivity index (χ0n) is 30.7. The van der Waals surface area contributed by atoms with Gasteiger partial charge >= 0.3 is 11.9 Å². The number of fused-ring (bicyclic) bond motifs is 2. The molecule has 19 heteroatoms. The Morgan fingerprint density at radius 1 is 0.807 bits per heavy atom. The zero-order chi connectivity index (χ0) is 41.0. The van der Waals surface area contributed by atoms with Gasteiger partial charge in [-0.15, -0.1) is 0 Å². The number of anilines is 3. The maximum atomic E-state index is 14.4. The molecular weight excluding hydrogens is 740 g/mol. The van der Waals surface area contributed by atoms with Gasteiger partial charge in [0, 0.05) is 29.8 Å². The minimum Gasteiger partial charge on any atom is -0.481 e. The molecule has 0 aliphatic carbocycles. The minimum absolute atomic E-state index is 0.00637. The largest absolute Gasteiger partial charge is 0.481 e. The van der Waals surface area contributed by atoms with Crippen molar-refractivity contribution < 1.29 is 34.2 Å². The number of amides is 3. The van der Waals surface area contributed by atoms with E-state index in [0.29, 0.717) is 23.2 Å². The second-order valence-corrected chi connectivity index (χ2v) is 13.6. The van der Waals surface area contributed by atoms with E-state index in [9.17, 15) is 38.7 Å². The Balaban J connectivity index is 1.37. The number of aromatic nitrogens is 5. The first kappa shape index (κ1) is 39.4.